The molecule has 0 fully saturated rings. The normalized spacial score (nSPS) is 18.4. The fourth-order valence-corrected chi connectivity index (χ4v) is 3.50. The molecule has 1 aliphatic rings. The Bertz CT molecular complexity index is 976. The van der Waals surface area contributed by atoms with Crippen molar-refractivity contribution in [3.05, 3.63) is 88.7 Å². The lowest BCUT2D eigenvalue weighted by molar-refractivity contribution is 0.0905. The number of carbonyl (C=O) groups excluding carboxylic acids is 1. The average Bonchev–Trinajstić information content (AvgIpc) is 3.16. The molecule has 4 nitrogen and oxygen atoms in total. The molecule has 4 rings (SSSR count). The van der Waals surface area contributed by atoms with Gasteiger partial charge in [0.2, 0.25) is 0 Å². The number of rotatable bonds is 4. The molecule has 0 N–H and O–H groups in total. The number of methoxy groups -OCH3 is 1. The standard InChI is InChI=1S/C21H17ClN2O2/c1-26-18-7-3-2-6-17(18)19-20(24-12-4-5-16(24)13-23-19)21(25)14-8-10-15(22)11-9-14/h2-13,19-20H,1H3/t19-,20+/m1/s1. The van der Waals surface area contributed by atoms with Crippen molar-refractivity contribution in [1.82, 2.24) is 4.57 Å². The predicted molar refractivity (Wildman–Crippen MR) is 103 cm³/mol. The van der Waals surface area contributed by atoms with Gasteiger partial charge in [0.05, 0.1) is 12.8 Å². The van der Waals surface area contributed by atoms with E-state index >= 15 is 0 Å². The van der Waals surface area contributed by atoms with Gasteiger partial charge >= 0.3 is 0 Å². The maximum Gasteiger partial charge on any atom is 0.188 e. The number of aromatic nitrogens is 1. The Morgan fingerprint density at radius 2 is 1.85 bits per heavy atom. The summed E-state index contributed by atoms with van der Waals surface area (Å²) in [5, 5.41) is 0.603. The molecule has 2 heterocycles. The number of hydrogen-bond donors (Lipinski definition) is 0. The number of nitrogens with zero attached hydrogens (tertiary/aromatic N) is 2. The molecule has 3 aromatic rings. The minimum absolute atomic E-state index is 0.00753. The van der Waals surface area contributed by atoms with Crippen molar-refractivity contribution < 1.29 is 9.53 Å². The highest BCUT2D eigenvalue weighted by molar-refractivity contribution is 6.30. The highest BCUT2D eigenvalue weighted by atomic mass is 35.5. The van der Waals surface area contributed by atoms with Gasteiger partial charge in [-0.3, -0.25) is 9.79 Å². The Labute approximate surface area is 156 Å². The number of hydrogen-bond acceptors (Lipinski definition) is 3. The van der Waals surface area contributed by atoms with E-state index < -0.39 is 6.04 Å². The molecule has 0 unspecified atom stereocenters. The van der Waals surface area contributed by atoms with Gasteiger partial charge in [-0.2, -0.15) is 0 Å². The number of carbonyl (C=O) groups is 1. The Hall–Kier alpha value is -2.85. The SMILES string of the molecule is COc1ccccc1[C@H]1N=Cc2cccn2[C@@H]1C(=O)c1ccc(Cl)cc1. The monoisotopic (exact) mass is 364 g/mol. The molecule has 0 saturated carbocycles. The van der Waals surface area contributed by atoms with Crippen molar-refractivity contribution in [3.63, 3.8) is 0 Å². The van der Waals surface area contributed by atoms with E-state index in [2.05, 4.69) is 0 Å². The predicted octanol–water partition coefficient (Wildman–Crippen LogP) is 4.75. The van der Waals surface area contributed by atoms with Gasteiger partial charge in [-0.15, -0.1) is 0 Å². The molecule has 1 aromatic heterocycles. The molecule has 130 valence electrons. The van der Waals surface area contributed by atoms with E-state index in [1.54, 1.807) is 31.4 Å². The van der Waals surface area contributed by atoms with Crippen LogP contribution in [-0.4, -0.2) is 23.7 Å². The molecular weight excluding hydrogens is 348 g/mol. The van der Waals surface area contributed by atoms with Crippen molar-refractivity contribution in [2.75, 3.05) is 7.11 Å². The Balaban J connectivity index is 1.83. The Kier molecular flexibility index (Phi) is 4.35. The molecule has 1 aliphatic heterocycles. The topological polar surface area (TPSA) is 43.6 Å². The number of fused-ring (bicyclic) bond motifs is 1. The summed E-state index contributed by atoms with van der Waals surface area (Å²) in [6.45, 7) is 0. The molecule has 0 bridgehead atoms. The number of Topliss-reactive ketones (excluding diaryl/α,β-unsaturated/α-hetero) is 1. The van der Waals surface area contributed by atoms with Gasteiger partial charge in [-0.05, 0) is 42.5 Å². The lowest BCUT2D eigenvalue weighted by atomic mass is 9.91. The third-order valence-corrected chi connectivity index (χ3v) is 4.88. The zero-order chi connectivity index (χ0) is 18.1. The first-order chi connectivity index (χ1) is 12.7. The molecule has 0 spiro atoms. The molecule has 0 radical (unpaired) electrons. The highest BCUT2D eigenvalue weighted by Crippen LogP contribution is 2.40. The molecule has 5 heteroatoms. The van der Waals surface area contributed by atoms with Crippen LogP contribution in [0.3, 0.4) is 0 Å². The van der Waals surface area contributed by atoms with Crippen LogP contribution in [0.1, 0.15) is 33.7 Å². The van der Waals surface area contributed by atoms with Crippen LogP contribution in [-0.2, 0) is 0 Å². The number of halogens is 1. The minimum atomic E-state index is -0.484. The maximum atomic E-state index is 13.4. The van der Waals surface area contributed by atoms with Gasteiger partial charge in [0.25, 0.3) is 0 Å². The van der Waals surface area contributed by atoms with E-state index in [0.29, 0.717) is 10.6 Å². The molecule has 0 aliphatic carbocycles. The summed E-state index contributed by atoms with van der Waals surface area (Å²) in [4.78, 5) is 18.1. The second kappa shape index (κ2) is 6.81. The summed E-state index contributed by atoms with van der Waals surface area (Å²) >= 11 is 5.97. The average molecular weight is 365 g/mol. The first-order valence-electron chi connectivity index (χ1n) is 8.32. The molecule has 2 aromatic carbocycles. The molecule has 26 heavy (non-hydrogen) atoms. The van der Waals surface area contributed by atoms with Gasteiger partial charge in [0.1, 0.15) is 17.8 Å². The van der Waals surface area contributed by atoms with E-state index in [1.807, 2.05) is 53.4 Å². The molecule has 0 amide bonds. The van der Waals surface area contributed by atoms with E-state index in [4.69, 9.17) is 21.3 Å². The van der Waals surface area contributed by atoms with Crippen molar-refractivity contribution >= 4 is 23.6 Å². The largest absolute Gasteiger partial charge is 0.496 e. The van der Waals surface area contributed by atoms with Crippen LogP contribution < -0.4 is 4.74 Å². The summed E-state index contributed by atoms with van der Waals surface area (Å²) < 4.78 is 7.48. The second-order valence-electron chi connectivity index (χ2n) is 6.12. The minimum Gasteiger partial charge on any atom is -0.496 e. The van der Waals surface area contributed by atoms with Gasteiger partial charge < -0.3 is 9.30 Å². The fraction of sp³-hybridized carbons (Fsp3) is 0.143. The van der Waals surface area contributed by atoms with Crippen molar-refractivity contribution in [2.45, 2.75) is 12.1 Å². The van der Waals surface area contributed by atoms with Gasteiger partial charge in [0.15, 0.2) is 5.78 Å². The Morgan fingerprint density at radius 1 is 1.08 bits per heavy atom. The molecule has 2 atom stereocenters. The van der Waals surface area contributed by atoms with E-state index in [9.17, 15) is 4.79 Å². The van der Waals surface area contributed by atoms with Crippen LogP contribution in [0.15, 0.2) is 71.9 Å². The number of ketones is 1. The highest BCUT2D eigenvalue weighted by Gasteiger charge is 2.35. The van der Waals surface area contributed by atoms with Crippen LogP contribution >= 0.6 is 11.6 Å². The first-order valence-corrected chi connectivity index (χ1v) is 8.69. The van der Waals surface area contributed by atoms with Gasteiger partial charge in [-0.25, -0.2) is 0 Å². The summed E-state index contributed by atoms with van der Waals surface area (Å²) in [7, 11) is 1.63. The van der Waals surface area contributed by atoms with Crippen molar-refractivity contribution in [1.29, 1.82) is 0 Å². The maximum absolute atomic E-state index is 13.4. The van der Waals surface area contributed by atoms with Crippen LogP contribution in [0.4, 0.5) is 0 Å². The third-order valence-electron chi connectivity index (χ3n) is 4.63. The van der Waals surface area contributed by atoms with Crippen molar-refractivity contribution in [2.24, 2.45) is 4.99 Å². The van der Waals surface area contributed by atoms with Gasteiger partial charge in [0, 0.05) is 28.6 Å². The van der Waals surface area contributed by atoms with E-state index in [1.165, 1.54) is 0 Å². The molecular formula is C21H17ClN2O2. The van der Waals surface area contributed by atoms with E-state index in [-0.39, 0.29) is 11.8 Å². The smallest absolute Gasteiger partial charge is 0.188 e. The third kappa shape index (κ3) is 2.82. The zero-order valence-corrected chi connectivity index (χ0v) is 14.9. The Morgan fingerprint density at radius 3 is 2.62 bits per heavy atom. The lowest BCUT2D eigenvalue weighted by Gasteiger charge is -2.30. The van der Waals surface area contributed by atoms with Crippen molar-refractivity contribution in [3.8, 4) is 5.75 Å². The van der Waals surface area contributed by atoms with E-state index in [0.717, 1.165) is 17.0 Å². The van der Waals surface area contributed by atoms with Gasteiger partial charge in [-0.1, -0.05) is 29.8 Å². The summed E-state index contributed by atoms with van der Waals surface area (Å²) in [6.07, 6.45) is 3.73. The summed E-state index contributed by atoms with van der Waals surface area (Å²) in [6, 6.07) is 17.7. The number of aliphatic imine (C=N–C) groups is 1. The van der Waals surface area contributed by atoms with Crippen LogP contribution in [0.2, 0.25) is 5.02 Å². The molecule has 0 saturated heterocycles. The fourth-order valence-electron chi connectivity index (χ4n) is 3.38. The number of ether oxygens (including phenoxy) is 1. The first kappa shape index (κ1) is 16.6. The summed E-state index contributed by atoms with van der Waals surface area (Å²) in [5.74, 6) is 0.714. The number of para-hydroxylation sites is 1. The van der Waals surface area contributed by atoms with Crippen LogP contribution in [0.5, 0.6) is 5.75 Å². The van der Waals surface area contributed by atoms with Crippen LogP contribution in [0, 0.1) is 0 Å². The second-order valence-corrected chi connectivity index (χ2v) is 6.56. The van der Waals surface area contributed by atoms with Crippen LogP contribution in [0.25, 0.3) is 0 Å². The lowest BCUT2D eigenvalue weighted by Crippen LogP contribution is -2.29. The zero-order valence-electron chi connectivity index (χ0n) is 14.2. The quantitative estimate of drug-likeness (QED) is 0.627. The number of benzene rings is 2. The summed E-state index contributed by atoms with van der Waals surface area (Å²) in [5.41, 5.74) is 2.40.